The zero-order valence-corrected chi connectivity index (χ0v) is 29.4. The highest BCUT2D eigenvalue weighted by Gasteiger charge is 2.56. The van der Waals surface area contributed by atoms with Crippen LogP contribution in [0.4, 0.5) is 10.1 Å². The molecule has 50 heavy (non-hydrogen) atoms. The summed E-state index contributed by atoms with van der Waals surface area (Å²) >= 11 is 0. The number of halogens is 1. The molecule has 10 nitrogen and oxygen atoms in total. The lowest BCUT2D eigenvalue weighted by molar-refractivity contribution is -0.108. The molecule has 260 valence electrons. The molecule has 2 aromatic heterocycles. The van der Waals surface area contributed by atoms with Crippen molar-refractivity contribution >= 4 is 22.5 Å². The van der Waals surface area contributed by atoms with Crippen molar-refractivity contribution < 1.29 is 9.13 Å². The molecule has 0 amide bonds. The highest BCUT2D eigenvalue weighted by Crippen LogP contribution is 2.61. The van der Waals surface area contributed by atoms with E-state index in [4.69, 9.17) is 14.7 Å². The van der Waals surface area contributed by atoms with Gasteiger partial charge in [0.1, 0.15) is 17.4 Å². The van der Waals surface area contributed by atoms with Crippen LogP contribution in [0.3, 0.4) is 0 Å². The molecule has 0 spiro atoms. The van der Waals surface area contributed by atoms with E-state index in [2.05, 4.69) is 49.1 Å². The summed E-state index contributed by atoms with van der Waals surface area (Å²) in [6.07, 6.45) is 8.33. The van der Waals surface area contributed by atoms with Crippen molar-refractivity contribution in [2.75, 3.05) is 32.1 Å². The fourth-order valence-electron chi connectivity index (χ4n) is 8.38. The summed E-state index contributed by atoms with van der Waals surface area (Å²) in [6, 6.07) is 14.3. The van der Waals surface area contributed by atoms with Crippen LogP contribution in [0, 0.1) is 40.4 Å². The van der Waals surface area contributed by atoms with E-state index in [0.717, 1.165) is 18.1 Å². The number of hydrogen-bond donors (Lipinski definition) is 1. The first kappa shape index (κ1) is 33.5. The number of pyridine rings is 1. The van der Waals surface area contributed by atoms with E-state index in [1.807, 2.05) is 29.2 Å². The average Bonchev–Trinajstić information content (AvgIpc) is 3.12. The van der Waals surface area contributed by atoms with Crippen molar-refractivity contribution in [3.8, 4) is 23.3 Å². The van der Waals surface area contributed by atoms with E-state index in [1.54, 1.807) is 35.2 Å². The Morgan fingerprint density at radius 2 is 2.00 bits per heavy atom. The number of aliphatic imine (C=N–C) groups is 1. The lowest BCUT2D eigenvalue weighted by atomic mass is 9.45. The first-order valence-electron chi connectivity index (χ1n) is 17.6. The zero-order valence-electron chi connectivity index (χ0n) is 29.4. The number of guanidine groups is 1. The predicted molar refractivity (Wildman–Crippen MR) is 193 cm³/mol. The number of ether oxygens (including phenoxy) is 1. The van der Waals surface area contributed by atoms with Gasteiger partial charge in [-0.15, -0.1) is 0 Å². The third-order valence-electron chi connectivity index (χ3n) is 11.7. The van der Waals surface area contributed by atoms with Crippen LogP contribution in [0.15, 0.2) is 70.7 Å². The number of fused-ring (bicyclic) bond motifs is 3. The van der Waals surface area contributed by atoms with Crippen LogP contribution in [0.2, 0.25) is 0 Å². The molecule has 11 heteroatoms. The summed E-state index contributed by atoms with van der Waals surface area (Å²) in [5.74, 6) is 3.12. The van der Waals surface area contributed by atoms with Gasteiger partial charge in [0.05, 0.1) is 30.1 Å². The van der Waals surface area contributed by atoms with E-state index in [-0.39, 0.29) is 30.0 Å². The molecule has 3 aliphatic carbocycles. The van der Waals surface area contributed by atoms with Gasteiger partial charge in [-0.1, -0.05) is 26.8 Å². The first-order chi connectivity index (χ1) is 24.1. The van der Waals surface area contributed by atoms with Gasteiger partial charge < -0.3 is 19.9 Å². The number of nitrogens with one attached hydrogen (secondary N) is 1. The number of methoxy groups -OCH3 is 1. The first-order valence-corrected chi connectivity index (χ1v) is 17.6. The van der Waals surface area contributed by atoms with Crippen LogP contribution in [-0.2, 0) is 13.0 Å². The monoisotopic (exact) mass is 676 g/mol. The van der Waals surface area contributed by atoms with E-state index in [9.17, 15) is 14.4 Å². The number of aryl methyl sites for hydroxylation is 1. The van der Waals surface area contributed by atoms with Gasteiger partial charge in [-0.2, -0.15) is 5.26 Å². The molecule has 4 aliphatic rings. The second-order valence-corrected chi connectivity index (χ2v) is 14.8. The molecule has 3 heterocycles. The highest BCUT2D eigenvalue weighted by molar-refractivity contribution is 5.96. The second kappa shape index (κ2) is 13.4. The topological polar surface area (TPSA) is 112 Å². The van der Waals surface area contributed by atoms with Crippen molar-refractivity contribution in [3.05, 3.63) is 82.7 Å². The molecule has 1 saturated heterocycles. The number of rotatable bonds is 7. The van der Waals surface area contributed by atoms with Gasteiger partial charge >= 0.3 is 0 Å². The van der Waals surface area contributed by atoms with E-state index < -0.39 is 0 Å². The average molecular weight is 677 g/mol. The van der Waals surface area contributed by atoms with E-state index in [0.29, 0.717) is 82.8 Å². The summed E-state index contributed by atoms with van der Waals surface area (Å²) in [4.78, 5) is 32.9. The van der Waals surface area contributed by atoms with Crippen LogP contribution in [0.1, 0.15) is 46.1 Å². The van der Waals surface area contributed by atoms with Crippen molar-refractivity contribution in [2.24, 2.45) is 28.2 Å². The zero-order chi connectivity index (χ0) is 35.2. The number of aromatic nitrogens is 3. The maximum Gasteiger partial charge on any atom is 0.261 e. The number of benzene rings is 2. The number of nitriles is 1. The molecule has 0 radical (unpaired) electrons. The standard InChI is InChI=1S/C39H45FN8O2/c1-24-22-46(15-16-47(24)23-41)38(45-34-18-28-17-32(25(34)2)39(28,3)4)43-29-9-11-31-35(19-29)44-36(27-7-6-13-42-21-27)48(37(31)49)14-12-26-8-10-30(50-5)20-33(26)40/h6-11,13,19-21,24-25,28,32,34H,12,14-18,22H2,1-5H3,(H,43,45)/t24-,25-,28-,32+,34?/m0/s1. The maximum atomic E-state index is 14.9. The van der Waals surface area contributed by atoms with Gasteiger partial charge in [-0.25, -0.2) is 14.4 Å². The highest BCUT2D eigenvalue weighted by atomic mass is 19.1. The Balaban J connectivity index is 1.23. The van der Waals surface area contributed by atoms with Gasteiger partial charge in [0.25, 0.3) is 5.56 Å². The lowest BCUT2D eigenvalue weighted by Gasteiger charge is -2.61. The van der Waals surface area contributed by atoms with Gasteiger partial charge in [0.2, 0.25) is 0 Å². The number of piperazine rings is 1. The van der Waals surface area contributed by atoms with Crippen LogP contribution in [0.5, 0.6) is 5.75 Å². The molecule has 1 aliphatic heterocycles. The van der Waals surface area contributed by atoms with Crippen LogP contribution >= 0.6 is 0 Å². The molecule has 8 rings (SSSR count). The minimum Gasteiger partial charge on any atom is -0.497 e. The summed E-state index contributed by atoms with van der Waals surface area (Å²) in [5, 5.41) is 13.7. The van der Waals surface area contributed by atoms with E-state index >= 15 is 0 Å². The minimum atomic E-state index is -0.381. The molecule has 1 N–H and O–H groups in total. The fourth-order valence-corrected chi connectivity index (χ4v) is 8.38. The summed E-state index contributed by atoms with van der Waals surface area (Å²) in [6.45, 7) is 11.4. The van der Waals surface area contributed by atoms with Crippen LogP contribution in [-0.4, -0.2) is 69.1 Å². The Morgan fingerprint density at radius 1 is 1.16 bits per heavy atom. The molecule has 3 saturated carbocycles. The quantitative estimate of drug-likeness (QED) is 0.141. The van der Waals surface area contributed by atoms with Gasteiger partial charge in [-0.05, 0) is 91.3 Å². The molecule has 2 bridgehead atoms. The molecule has 4 fully saturated rings. The molecule has 1 unspecified atom stereocenters. The Hall–Kier alpha value is -4.98. The van der Waals surface area contributed by atoms with Crippen LogP contribution in [0.25, 0.3) is 22.3 Å². The normalized spacial score (nSPS) is 24.4. The van der Waals surface area contributed by atoms with Gasteiger partial charge in [0.15, 0.2) is 12.2 Å². The molecular formula is C39H45FN8O2. The minimum absolute atomic E-state index is 0.0574. The van der Waals surface area contributed by atoms with Crippen molar-refractivity contribution in [2.45, 2.75) is 65.6 Å². The Kier molecular flexibility index (Phi) is 8.97. The number of anilines is 1. The maximum absolute atomic E-state index is 14.9. The van der Waals surface area contributed by atoms with Crippen LogP contribution < -0.4 is 15.6 Å². The fraction of sp³-hybridized carbons (Fsp3) is 0.462. The summed E-state index contributed by atoms with van der Waals surface area (Å²) in [7, 11) is 1.50. The van der Waals surface area contributed by atoms with Crippen molar-refractivity contribution in [3.63, 3.8) is 0 Å². The number of hydrogen-bond acceptors (Lipinski definition) is 7. The predicted octanol–water partition coefficient (Wildman–Crippen LogP) is 6.17. The summed E-state index contributed by atoms with van der Waals surface area (Å²) < 4.78 is 21.6. The Morgan fingerprint density at radius 3 is 2.68 bits per heavy atom. The summed E-state index contributed by atoms with van der Waals surface area (Å²) in [5.41, 5.74) is 2.66. The SMILES string of the molecule is COc1ccc(CCn2c(-c3cccnc3)nc3cc(NC(=NC4C[C@@H]5C[C@H]([C@@H]4C)C5(C)C)N4CCN(C#N)[C@@H](C)C4)ccc3c2=O)c(F)c1. The lowest BCUT2D eigenvalue weighted by Crippen LogP contribution is -2.57. The molecule has 5 atom stereocenters. The van der Waals surface area contributed by atoms with E-state index in [1.165, 1.54) is 19.6 Å². The Labute approximate surface area is 292 Å². The molecular weight excluding hydrogens is 631 g/mol. The molecule has 2 aromatic carbocycles. The third kappa shape index (κ3) is 6.16. The second-order valence-electron chi connectivity index (χ2n) is 14.8. The third-order valence-corrected chi connectivity index (χ3v) is 11.7. The molecule has 4 aromatic rings. The largest absolute Gasteiger partial charge is 0.497 e. The number of nitrogens with zero attached hydrogens (tertiary/aromatic N) is 7. The van der Waals surface area contributed by atoms with Crippen molar-refractivity contribution in [1.29, 1.82) is 5.26 Å². The van der Waals surface area contributed by atoms with Gasteiger partial charge in [0, 0.05) is 55.9 Å². The van der Waals surface area contributed by atoms with Crippen molar-refractivity contribution in [1.82, 2.24) is 24.3 Å². The smallest absolute Gasteiger partial charge is 0.261 e. The van der Waals surface area contributed by atoms with Gasteiger partial charge in [-0.3, -0.25) is 14.3 Å². The Bertz CT molecular complexity index is 2020.